The normalized spacial score (nSPS) is 23.6. The van der Waals surface area contributed by atoms with E-state index >= 15 is 0 Å². The summed E-state index contributed by atoms with van der Waals surface area (Å²) in [5, 5.41) is 12.9. The lowest BCUT2D eigenvalue weighted by molar-refractivity contribution is -0.157. The number of thiophene rings is 1. The third-order valence-electron chi connectivity index (χ3n) is 5.42. The molecule has 198 valence electrons. The van der Waals surface area contributed by atoms with Crippen molar-refractivity contribution in [3.05, 3.63) is 34.2 Å². The van der Waals surface area contributed by atoms with E-state index in [1.165, 1.54) is 0 Å². The molecule has 1 aromatic rings. The number of rotatable bonds is 8. The van der Waals surface area contributed by atoms with E-state index in [0.29, 0.717) is 85.6 Å². The molecule has 0 unspecified atom stereocenters. The van der Waals surface area contributed by atoms with Crippen molar-refractivity contribution >= 4 is 17.2 Å². The van der Waals surface area contributed by atoms with Crippen LogP contribution in [0.3, 0.4) is 0 Å². The van der Waals surface area contributed by atoms with Crippen LogP contribution < -0.4 is 0 Å². The Labute approximate surface area is 210 Å². The van der Waals surface area contributed by atoms with Gasteiger partial charge in [0, 0.05) is 25.4 Å². The molecule has 0 aliphatic carbocycles. The third-order valence-corrected chi connectivity index (χ3v) is 6.12. The van der Waals surface area contributed by atoms with E-state index in [-0.39, 0.29) is 30.8 Å². The molecule has 3 rings (SSSR count). The SMILES string of the molecule is O=C(C1=C[C@@H](c2ccsc2)C[C@@H](OCCOCCO)O1)N1CCOCCOCCOCCOCC1. The lowest BCUT2D eigenvalue weighted by atomic mass is 9.95. The zero-order chi connectivity index (χ0) is 24.6. The van der Waals surface area contributed by atoms with Crippen molar-refractivity contribution in [3.63, 3.8) is 0 Å². The van der Waals surface area contributed by atoms with Crippen LogP contribution >= 0.6 is 11.3 Å². The van der Waals surface area contributed by atoms with Crippen molar-refractivity contribution in [1.29, 1.82) is 0 Å². The van der Waals surface area contributed by atoms with Crippen molar-refractivity contribution in [1.82, 2.24) is 4.90 Å². The van der Waals surface area contributed by atoms with Crippen LogP contribution in [-0.4, -0.2) is 115 Å². The van der Waals surface area contributed by atoms with E-state index in [1.54, 1.807) is 16.2 Å². The average molecular weight is 516 g/mol. The highest BCUT2D eigenvalue weighted by molar-refractivity contribution is 7.08. The summed E-state index contributed by atoms with van der Waals surface area (Å²) in [5.74, 6) is 0.0416. The fraction of sp³-hybridized carbons (Fsp3) is 0.708. The maximum Gasteiger partial charge on any atom is 0.288 e. The van der Waals surface area contributed by atoms with Gasteiger partial charge in [0.1, 0.15) is 0 Å². The smallest absolute Gasteiger partial charge is 0.288 e. The van der Waals surface area contributed by atoms with E-state index < -0.39 is 6.29 Å². The summed E-state index contributed by atoms with van der Waals surface area (Å²) >= 11 is 1.61. The Morgan fingerprint density at radius 3 is 2.23 bits per heavy atom. The molecule has 1 aromatic heterocycles. The maximum atomic E-state index is 13.5. The first kappa shape index (κ1) is 28.0. The number of hydrogen-bond donors (Lipinski definition) is 1. The number of carbonyl (C=O) groups is 1. The molecule has 2 atom stereocenters. The van der Waals surface area contributed by atoms with Gasteiger partial charge in [0.2, 0.25) is 6.29 Å². The molecule has 0 bridgehead atoms. The quantitative estimate of drug-likeness (QED) is 0.514. The molecule has 1 amide bonds. The first-order chi connectivity index (χ1) is 17.3. The van der Waals surface area contributed by atoms with Gasteiger partial charge in [-0.05, 0) is 28.5 Å². The fourth-order valence-corrected chi connectivity index (χ4v) is 4.34. The summed E-state index contributed by atoms with van der Waals surface area (Å²) in [4.78, 5) is 15.2. The third kappa shape index (κ3) is 10.5. The molecule has 2 aliphatic heterocycles. The number of amides is 1. The Bertz CT molecular complexity index is 715. The number of nitrogens with zero attached hydrogens (tertiary/aromatic N) is 1. The van der Waals surface area contributed by atoms with Crippen molar-refractivity contribution < 1.29 is 43.1 Å². The van der Waals surface area contributed by atoms with Crippen LogP contribution in [-0.2, 0) is 38.0 Å². The van der Waals surface area contributed by atoms with Gasteiger partial charge in [-0.1, -0.05) is 0 Å². The Balaban J connectivity index is 1.63. The van der Waals surface area contributed by atoms with Gasteiger partial charge in [0.05, 0.1) is 79.3 Å². The van der Waals surface area contributed by atoms with Gasteiger partial charge in [-0.15, -0.1) is 0 Å². The van der Waals surface area contributed by atoms with Crippen molar-refractivity contribution in [2.75, 3.05) is 92.4 Å². The number of hydrogen-bond acceptors (Lipinski definition) is 10. The number of allylic oxidation sites excluding steroid dienone is 1. The van der Waals surface area contributed by atoms with Gasteiger partial charge >= 0.3 is 0 Å². The van der Waals surface area contributed by atoms with Crippen LogP contribution in [0, 0.1) is 0 Å². The molecule has 1 N–H and O–H groups in total. The average Bonchev–Trinajstić information content (AvgIpc) is 3.41. The molecule has 0 spiro atoms. The van der Waals surface area contributed by atoms with Crippen molar-refractivity contribution in [3.8, 4) is 0 Å². The Hall–Kier alpha value is -1.57. The Morgan fingerprint density at radius 2 is 1.63 bits per heavy atom. The zero-order valence-corrected chi connectivity index (χ0v) is 21.0. The summed E-state index contributed by atoms with van der Waals surface area (Å²) in [6.45, 7) is 5.33. The van der Waals surface area contributed by atoms with E-state index in [0.717, 1.165) is 5.56 Å². The topological polar surface area (TPSA) is 105 Å². The molecule has 10 nitrogen and oxygen atoms in total. The summed E-state index contributed by atoms with van der Waals surface area (Å²) in [6, 6.07) is 2.05. The number of aliphatic hydroxyl groups is 1. The predicted octanol–water partition coefficient (Wildman–Crippen LogP) is 1.40. The molecule has 3 heterocycles. The zero-order valence-electron chi connectivity index (χ0n) is 20.1. The first-order valence-electron chi connectivity index (χ1n) is 12.1. The van der Waals surface area contributed by atoms with Gasteiger partial charge in [-0.2, -0.15) is 11.3 Å². The van der Waals surface area contributed by atoms with E-state index in [9.17, 15) is 4.79 Å². The predicted molar refractivity (Wildman–Crippen MR) is 128 cm³/mol. The van der Waals surface area contributed by atoms with Crippen LogP contribution in [0.4, 0.5) is 0 Å². The summed E-state index contributed by atoms with van der Waals surface area (Å²) in [5.41, 5.74) is 1.12. The lowest BCUT2D eigenvalue weighted by Crippen LogP contribution is -2.40. The van der Waals surface area contributed by atoms with Gasteiger partial charge in [-0.3, -0.25) is 4.79 Å². The molecule has 1 saturated heterocycles. The molecule has 35 heavy (non-hydrogen) atoms. The monoisotopic (exact) mass is 515 g/mol. The molecular formula is C24H37NO9S. The second kappa shape index (κ2) is 17.0. The van der Waals surface area contributed by atoms with Crippen LogP contribution in [0.5, 0.6) is 0 Å². The molecule has 0 saturated carbocycles. The minimum Gasteiger partial charge on any atom is -0.459 e. The number of aliphatic hydroxyl groups excluding tert-OH is 1. The molecule has 0 aromatic carbocycles. The molecule has 11 heteroatoms. The van der Waals surface area contributed by atoms with Gasteiger partial charge in [0.15, 0.2) is 5.76 Å². The van der Waals surface area contributed by atoms with Crippen molar-refractivity contribution in [2.45, 2.75) is 18.6 Å². The molecule has 1 fully saturated rings. The minimum atomic E-state index is -0.577. The van der Waals surface area contributed by atoms with E-state index in [1.807, 2.05) is 11.5 Å². The number of ether oxygens (including phenoxy) is 7. The highest BCUT2D eigenvalue weighted by Gasteiger charge is 2.31. The van der Waals surface area contributed by atoms with Crippen LogP contribution in [0.15, 0.2) is 28.7 Å². The van der Waals surface area contributed by atoms with Gasteiger partial charge < -0.3 is 43.2 Å². The van der Waals surface area contributed by atoms with Gasteiger partial charge in [0.25, 0.3) is 5.91 Å². The maximum absolute atomic E-state index is 13.5. The largest absolute Gasteiger partial charge is 0.459 e. The Kier molecular flexibility index (Phi) is 13.6. The Morgan fingerprint density at radius 1 is 0.971 bits per heavy atom. The summed E-state index contributed by atoms with van der Waals surface area (Å²) in [7, 11) is 0. The fourth-order valence-electron chi connectivity index (χ4n) is 3.62. The minimum absolute atomic E-state index is 0.00238. The summed E-state index contributed by atoms with van der Waals surface area (Å²) in [6.07, 6.45) is 1.90. The van der Waals surface area contributed by atoms with Crippen LogP contribution in [0.2, 0.25) is 0 Å². The van der Waals surface area contributed by atoms with Crippen LogP contribution in [0.25, 0.3) is 0 Å². The van der Waals surface area contributed by atoms with E-state index in [4.69, 9.17) is 38.3 Å². The highest BCUT2D eigenvalue weighted by atomic mass is 32.1. The highest BCUT2D eigenvalue weighted by Crippen LogP contribution is 2.33. The van der Waals surface area contributed by atoms with Crippen LogP contribution in [0.1, 0.15) is 17.9 Å². The second-order valence-corrected chi connectivity index (χ2v) is 8.71. The molecule has 2 aliphatic rings. The standard InChI is InChI=1S/C24H37NO9S/c26-4-7-30-14-15-33-23-18-21(20-1-16-35-19-20)17-22(34-23)24(27)25-2-5-28-8-10-31-12-13-32-11-9-29-6-3-25/h1,16-17,19,21,23,26H,2-15,18H2/t21-,23+/m1/s1. The number of carbonyl (C=O) groups excluding carboxylic acids is 1. The first-order valence-corrected chi connectivity index (χ1v) is 13.0. The van der Waals surface area contributed by atoms with Crippen molar-refractivity contribution in [2.24, 2.45) is 0 Å². The molecular weight excluding hydrogens is 478 g/mol. The molecule has 0 radical (unpaired) electrons. The lowest BCUT2D eigenvalue weighted by Gasteiger charge is -2.31. The summed E-state index contributed by atoms with van der Waals surface area (Å²) < 4.78 is 39.3. The second-order valence-electron chi connectivity index (χ2n) is 7.93. The van der Waals surface area contributed by atoms with Gasteiger partial charge in [-0.25, -0.2) is 0 Å². The van der Waals surface area contributed by atoms with E-state index in [2.05, 4.69) is 11.4 Å².